The number of benzene rings is 3. The number of hydrogen-bond acceptors (Lipinski definition) is 2. The molecule has 0 spiro atoms. The lowest BCUT2D eigenvalue weighted by Gasteiger charge is -2.34. The van der Waals surface area contributed by atoms with E-state index in [4.69, 9.17) is 4.74 Å². The van der Waals surface area contributed by atoms with Crippen molar-refractivity contribution in [3.8, 4) is 5.75 Å². The molecule has 1 atom stereocenters. The first-order valence-electron chi connectivity index (χ1n) is 10.2. The average molecular weight is 404 g/mol. The summed E-state index contributed by atoms with van der Waals surface area (Å²) in [6, 6.07) is 26.7. The quantitative estimate of drug-likeness (QED) is 0.301. The minimum absolute atomic E-state index is 0.0567. The molecule has 0 aliphatic heterocycles. The molecule has 0 radical (unpaired) electrons. The van der Waals surface area contributed by atoms with Gasteiger partial charge in [-0.2, -0.15) is 0 Å². The van der Waals surface area contributed by atoms with Gasteiger partial charge in [0.2, 0.25) is 0 Å². The maximum atomic E-state index is 12.2. The molecular formula is C26H29O2P. The van der Waals surface area contributed by atoms with Gasteiger partial charge in [0.1, 0.15) is 12.4 Å². The first-order chi connectivity index (χ1) is 14.1. The number of ketones is 1. The molecule has 0 aliphatic rings. The molecule has 0 aromatic heterocycles. The van der Waals surface area contributed by atoms with E-state index in [1.165, 1.54) is 5.56 Å². The summed E-state index contributed by atoms with van der Waals surface area (Å²) in [5.74, 6) is 1.07. The highest BCUT2D eigenvalue weighted by atomic mass is 31.1. The lowest BCUT2D eigenvalue weighted by atomic mass is 9.92. The van der Waals surface area contributed by atoms with E-state index in [1.54, 1.807) is 6.92 Å². The van der Waals surface area contributed by atoms with Gasteiger partial charge >= 0.3 is 0 Å². The van der Waals surface area contributed by atoms with E-state index in [0.29, 0.717) is 15.2 Å². The van der Waals surface area contributed by atoms with E-state index >= 15 is 0 Å². The Morgan fingerprint density at radius 1 is 0.862 bits per heavy atom. The topological polar surface area (TPSA) is 26.3 Å². The smallest absolute Gasteiger partial charge is 0.160 e. The highest BCUT2D eigenvalue weighted by Gasteiger charge is 2.32. The SMILES string of the molecule is CCC(CC)(Pc1ccccc1C(C)=O)c1ccccc1OCc1ccccc1. The minimum atomic E-state index is -0.0567. The van der Waals surface area contributed by atoms with Gasteiger partial charge in [-0.1, -0.05) is 95.2 Å². The second kappa shape index (κ2) is 9.85. The summed E-state index contributed by atoms with van der Waals surface area (Å²) in [4.78, 5) is 12.2. The Labute approximate surface area is 176 Å². The number of carbonyl (C=O) groups excluding carboxylic acids is 1. The summed E-state index contributed by atoms with van der Waals surface area (Å²) in [6.45, 7) is 6.68. The van der Waals surface area contributed by atoms with Crippen LogP contribution in [0.3, 0.4) is 0 Å². The Hall–Kier alpha value is -2.44. The first-order valence-corrected chi connectivity index (χ1v) is 11.2. The zero-order valence-corrected chi connectivity index (χ0v) is 18.4. The first kappa shape index (κ1) is 21.3. The van der Waals surface area contributed by atoms with Crippen molar-refractivity contribution in [2.45, 2.75) is 45.4 Å². The van der Waals surface area contributed by atoms with Gasteiger partial charge in [-0.15, -0.1) is 0 Å². The van der Waals surface area contributed by atoms with E-state index in [0.717, 1.165) is 35.0 Å². The molecular weight excluding hydrogens is 375 g/mol. The van der Waals surface area contributed by atoms with Crippen LogP contribution in [0.25, 0.3) is 0 Å². The molecule has 0 aliphatic carbocycles. The van der Waals surface area contributed by atoms with Crippen molar-refractivity contribution in [2.24, 2.45) is 0 Å². The van der Waals surface area contributed by atoms with Crippen LogP contribution in [-0.4, -0.2) is 5.78 Å². The molecule has 0 saturated heterocycles. The van der Waals surface area contributed by atoms with E-state index in [2.05, 4.69) is 50.2 Å². The second-order valence-corrected chi connectivity index (χ2v) is 9.03. The van der Waals surface area contributed by atoms with E-state index < -0.39 is 0 Å². The van der Waals surface area contributed by atoms with Gasteiger partial charge in [0, 0.05) is 16.3 Å². The number of ether oxygens (including phenoxy) is 1. The van der Waals surface area contributed by atoms with Crippen LogP contribution in [0.15, 0.2) is 78.9 Å². The fourth-order valence-corrected chi connectivity index (χ4v) is 5.54. The lowest BCUT2D eigenvalue weighted by molar-refractivity contribution is 0.101. The number of hydrogen-bond donors (Lipinski definition) is 0. The van der Waals surface area contributed by atoms with Crippen molar-refractivity contribution < 1.29 is 9.53 Å². The minimum Gasteiger partial charge on any atom is -0.489 e. The molecule has 1 unspecified atom stereocenters. The number of Topliss-reactive ketones (excluding diaryl/α,β-unsaturated/α-hetero) is 1. The zero-order valence-electron chi connectivity index (χ0n) is 17.4. The Morgan fingerprint density at radius 3 is 2.17 bits per heavy atom. The Bertz CT molecular complexity index is 946. The van der Waals surface area contributed by atoms with Crippen LogP contribution in [0.5, 0.6) is 5.75 Å². The maximum Gasteiger partial charge on any atom is 0.160 e. The number of rotatable bonds is 9. The van der Waals surface area contributed by atoms with Crippen molar-refractivity contribution in [1.82, 2.24) is 0 Å². The molecule has 3 aromatic carbocycles. The number of para-hydroxylation sites is 1. The van der Waals surface area contributed by atoms with Gasteiger partial charge in [0.15, 0.2) is 5.78 Å². The van der Waals surface area contributed by atoms with Crippen LogP contribution in [0.1, 0.15) is 55.1 Å². The van der Waals surface area contributed by atoms with Crippen LogP contribution in [-0.2, 0) is 11.8 Å². The Morgan fingerprint density at radius 2 is 1.48 bits per heavy atom. The van der Waals surface area contributed by atoms with Crippen LogP contribution in [0.2, 0.25) is 0 Å². The predicted octanol–water partition coefficient (Wildman–Crippen LogP) is 6.49. The summed E-state index contributed by atoms with van der Waals surface area (Å²) < 4.78 is 6.29. The maximum absolute atomic E-state index is 12.2. The fraction of sp³-hybridized carbons (Fsp3) is 0.269. The normalized spacial score (nSPS) is 11.7. The molecule has 0 heterocycles. The molecule has 29 heavy (non-hydrogen) atoms. The van der Waals surface area contributed by atoms with Crippen molar-refractivity contribution >= 4 is 19.7 Å². The van der Waals surface area contributed by atoms with Crippen LogP contribution < -0.4 is 10.0 Å². The molecule has 150 valence electrons. The molecule has 3 heteroatoms. The van der Waals surface area contributed by atoms with Crippen molar-refractivity contribution in [2.75, 3.05) is 0 Å². The lowest BCUT2D eigenvalue weighted by Crippen LogP contribution is -2.24. The predicted molar refractivity (Wildman–Crippen MR) is 124 cm³/mol. The summed E-state index contributed by atoms with van der Waals surface area (Å²) in [7, 11) is 0.501. The van der Waals surface area contributed by atoms with E-state index in [9.17, 15) is 4.79 Å². The summed E-state index contributed by atoms with van der Waals surface area (Å²) in [5.41, 5.74) is 3.22. The highest BCUT2D eigenvalue weighted by molar-refractivity contribution is 7.48. The third kappa shape index (κ3) is 4.95. The molecule has 3 rings (SSSR count). The third-order valence-corrected chi connectivity index (χ3v) is 7.69. The molecule has 3 aromatic rings. The average Bonchev–Trinajstić information content (AvgIpc) is 2.77. The summed E-state index contributed by atoms with van der Waals surface area (Å²) in [5, 5.41) is 1.08. The summed E-state index contributed by atoms with van der Waals surface area (Å²) >= 11 is 0. The van der Waals surface area contributed by atoms with Crippen LogP contribution in [0.4, 0.5) is 0 Å². The molecule has 0 bridgehead atoms. The highest BCUT2D eigenvalue weighted by Crippen LogP contribution is 2.50. The third-order valence-electron chi connectivity index (χ3n) is 5.53. The Kier molecular flexibility index (Phi) is 7.23. The van der Waals surface area contributed by atoms with Crippen LogP contribution in [0, 0.1) is 0 Å². The van der Waals surface area contributed by atoms with E-state index in [-0.39, 0.29) is 10.9 Å². The van der Waals surface area contributed by atoms with Gasteiger partial charge in [-0.25, -0.2) is 0 Å². The molecule has 2 nitrogen and oxygen atoms in total. The largest absolute Gasteiger partial charge is 0.489 e. The van der Waals surface area contributed by atoms with Gasteiger partial charge in [0.05, 0.1) is 0 Å². The Balaban J connectivity index is 1.96. The van der Waals surface area contributed by atoms with E-state index in [1.807, 2.05) is 42.5 Å². The van der Waals surface area contributed by atoms with Crippen molar-refractivity contribution in [3.05, 3.63) is 95.6 Å². The molecule has 0 fully saturated rings. The number of carbonyl (C=O) groups is 1. The van der Waals surface area contributed by atoms with Crippen molar-refractivity contribution in [3.63, 3.8) is 0 Å². The van der Waals surface area contributed by atoms with Gasteiger partial charge in [-0.3, -0.25) is 4.79 Å². The molecule has 0 N–H and O–H groups in total. The monoisotopic (exact) mass is 404 g/mol. The molecule has 0 saturated carbocycles. The zero-order chi connectivity index (χ0) is 20.7. The fourth-order valence-electron chi connectivity index (χ4n) is 3.76. The second-order valence-electron chi connectivity index (χ2n) is 7.29. The standard InChI is InChI=1S/C26H29O2P/c1-4-26(5-2,29-25-18-12-9-15-22(25)20(3)27)23-16-10-11-17-24(23)28-19-21-13-7-6-8-14-21/h6-18,29H,4-5,19H2,1-3H3. The summed E-state index contributed by atoms with van der Waals surface area (Å²) in [6.07, 6.45) is 1.97. The molecule has 0 amide bonds. The van der Waals surface area contributed by atoms with Gasteiger partial charge in [-0.05, 0) is 36.7 Å². The van der Waals surface area contributed by atoms with Crippen molar-refractivity contribution in [1.29, 1.82) is 0 Å². The van der Waals surface area contributed by atoms with Gasteiger partial charge < -0.3 is 4.74 Å². The van der Waals surface area contributed by atoms with Crippen LogP contribution >= 0.6 is 8.58 Å². The van der Waals surface area contributed by atoms with Gasteiger partial charge in [0.25, 0.3) is 0 Å².